The van der Waals surface area contributed by atoms with Crippen molar-refractivity contribution in [3.05, 3.63) is 53.9 Å². The second-order valence-corrected chi connectivity index (χ2v) is 7.23. The van der Waals surface area contributed by atoms with Gasteiger partial charge in [-0.25, -0.2) is 8.42 Å². The van der Waals surface area contributed by atoms with E-state index in [-0.39, 0.29) is 17.5 Å². The molecule has 2 heterocycles. The number of sulfone groups is 1. The normalized spacial score (nSPS) is 21.5. The van der Waals surface area contributed by atoms with Crippen molar-refractivity contribution in [2.45, 2.75) is 12.5 Å². The SMILES string of the molecule is O=S1(=O)CCC(n2nccc2/C=C/c2ccccc2)C1. The minimum atomic E-state index is -2.89. The van der Waals surface area contributed by atoms with Gasteiger partial charge < -0.3 is 0 Å². The fraction of sp³-hybridized carbons (Fsp3) is 0.267. The third kappa shape index (κ3) is 2.82. The molecule has 0 amide bonds. The van der Waals surface area contributed by atoms with E-state index < -0.39 is 9.84 Å². The van der Waals surface area contributed by atoms with Crippen LogP contribution in [0.1, 0.15) is 23.7 Å². The molecule has 2 aromatic rings. The third-order valence-electron chi connectivity index (χ3n) is 3.50. The van der Waals surface area contributed by atoms with Crippen LogP contribution >= 0.6 is 0 Å². The number of rotatable bonds is 3. The zero-order chi connectivity index (χ0) is 14.0. The Hall–Kier alpha value is -1.88. The number of benzene rings is 1. The minimum Gasteiger partial charge on any atom is -0.261 e. The van der Waals surface area contributed by atoms with Gasteiger partial charge in [-0.3, -0.25) is 4.68 Å². The van der Waals surface area contributed by atoms with Crippen LogP contribution in [0.5, 0.6) is 0 Å². The van der Waals surface area contributed by atoms with Gasteiger partial charge in [0.25, 0.3) is 0 Å². The van der Waals surface area contributed by atoms with Gasteiger partial charge in [0.05, 0.1) is 23.2 Å². The first-order valence-electron chi connectivity index (χ1n) is 6.61. The Bertz CT molecular complexity index is 717. The molecule has 0 N–H and O–H groups in total. The van der Waals surface area contributed by atoms with Crippen LogP contribution in [0.15, 0.2) is 42.6 Å². The summed E-state index contributed by atoms with van der Waals surface area (Å²) in [5.41, 5.74) is 2.05. The van der Waals surface area contributed by atoms with Gasteiger partial charge in [-0.05, 0) is 24.1 Å². The molecule has 3 rings (SSSR count). The highest BCUT2D eigenvalue weighted by atomic mass is 32.2. The molecule has 1 unspecified atom stereocenters. The van der Waals surface area contributed by atoms with Crippen molar-refractivity contribution in [2.24, 2.45) is 0 Å². The third-order valence-corrected chi connectivity index (χ3v) is 5.25. The molecular weight excluding hydrogens is 272 g/mol. The minimum absolute atomic E-state index is 0.0366. The average molecular weight is 288 g/mol. The molecule has 0 aliphatic carbocycles. The summed E-state index contributed by atoms with van der Waals surface area (Å²) in [6.07, 6.45) is 6.36. The van der Waals surface area contributed by atoms with Crippen LogP contribution in [0, 0.1) is 0 Å². The second kappa shape index (κ2) is 5.25. The smallest absolute Gasteiger partial charge is 0.152 e. The standard InChI is InChI=1S/C15H16N2O2S/c18-20(19)11-9-15(12-20)17-14(8-10-16-17)7-6-13-4-2-1-3-5-13/h1-8,10,15H,9,11-12H2/b7-6+. The Morgan fingerprint density at radius 2 is 1.95 bits per heavy atom. The van der Waals surface area contributed by atoms with E-state index in [2.05, 4.69) is 5.10 Å². The summed E-state index contributed by atoms with van der Waals surface area (Å²) in [5.74, 6) is 0.459. The summed E-state index contributed by atoms with van der Waals surface area (Å²) < 4.78 is 25.0. The van der Waals surface area contributed by atoms with E-state index >= 15 is 0 Å². The lowest BCUT2D eigenvalue weighted by molar-refractivity contribution is 0.496. The first-order chi connectivity index (χ1) is 9.64. The molecule has 1 saturated heterocycles. The van der Waals surface area contributed by atoms with Gasteiger partial charge in [0.1, 0.15) is 0 Å². The summed E-state index contributed by atoms with van der Waals surface area (Å²) in [6, 6.07) is 11.9. The quantitative estimate of drug-likeness (QED) is 0.871. The van der Waals surface area contributed by atoms with Crippen LogP contribution in [0.4, 0.5) is 0 Å². The van der Waals surface area contributed by atoms with Crippen LogP contribution in [0.2, 0.25) is 0 Å². The van der Waals surface area contributed by atoms with E-state index in [0.29, 0.717) is 6.42 Å². The van der Waals surface area contributed by atoms with E-state index in [0.717, 1.165) is 11.3 Å². The molecule has 1 aromatic carbocycles. The summed E-state index contributed by atoms with van der Waals surface area (Å²) >= 11 is 0. The Kier molecular flexibility index (Phi) is 3.44. The topological polar surface area (TPSA) is 52.0 Å². The van der Waals surface area contributed by atoms with Gasteiger partial charge in [-0.2, -0.15) is 5.10 Å². The number of hydrogen-bond donors (Lipinski definition) is 0. The molecule has 4 nitrogen and oxygen atoms in total. The number of nitrogens with zero attached hydrogens (tertiary/aromatic N) is 2. The van der Waals surface area contributed by atoms with E-state index in [4.69, 9.17) is 0 Å². The largest absolute Gasteiger partial charge is 0.261 e. The van der Waals surface area contributed by atoms with E-state index in [1.54, 1.807) is 6.20 Å². The van der Waals surface area contributed by atoms with Gasteiger partial charge in [-0.1, -0.05) is 36.4 Å². The van der Waals surface area contributed by atoms with Gasteiger partial charge in [0, 0.05) is 6.20 Å². The van der Waals surface area contributed by atoms with Crippen molar-refractivity contribution in [3.63, 3.8) is 0 Å². The van der Waals surface area contributed by atoms with Crippen molar-refractivity contribution in [1.82, 2.24) is 9.78 Å². The molecule has 104 valence electrons. The summed E-state index contributed by atoms with van der Waals surface area (Å²) in [6.45, 7) is 0. The first-order valence-corrected chi connectivity index (χ1v) is 8.43. The van der Waals surface area contributed by atoms with Crippen molar-refractivity contribution in [2.75, 3.05) is 11.5 Å². The molecule has 1 aliphatic heterocycles. The molecule has 1 atom stereocenters. The lowest BCUT2D eigenvalue weighted by Gasteiger charge is -2.10. The van der Waals surface area contributed by atoms with Crippen molar-refractivity contribution >= 4 is 22.0 Å². The molecule has 0 radical (unpaired) electrons. The highest BCUT2D eigenvalue weighted by molar-refractivity contribution is 7.91. The maximum absolute atomic E-state index is 11.6. The fourth-order valence-corrected chi connectivity index (χ4v) is 4.17. The molecule has 1 aromatic heterocycles. The van der Waals surface area contributed by atoms with Crippen LogP contribution in [0.3, 0.4) is 0 Å². The van der Waals surface area contributed by atoms with Gasteiger partial charge in [-0.15, -0.1) is 0 Å². The molecule has 1 fully saturated rings. The van der Waals surface area contributed by atoms with Gasteiger partial charge in [0.15, 0.2) is 9.84 Å². The second-order valence-electron chi connectivity index (χ2n) is 5.00. The molecule has 20 heavy (non-hydrogen) atoms. The van der Waals surface area contributed by atoms with Gasteiger partial charge >= 0.3 is 0 Å². The Balaban J connectivity index is 1.83. The van der Waals surface area contributed by atoms with Crippen LogP contribution in [-0.4, -0.2) is 29.7 Å². The monoisotopic (exact) mass is 288 g/mol. The van der Waals surface area contributed by atoms with Crippen LogP contribution in [-0.2, 0) is 9.84 Å². The Morgan fingerprint density at radius 1 is 1.15 bits per heavy atom. The van der Waals surface area contributed by atoms with Crippen LogP contribution < -0.4 is 0 Å². The predicted octanol–water partition coefficient (Wildman–Crippen LogP) is 2.41. The molecule has 0 saturated carbocycles. The molecule has 1 aliphatic rings. The van der Waals surface area contributed by atoms with Crippen molar-refractivity contribution in [1.29, 1.82) is 0 Å². The van der Waals surface area contributed by atoms with E-state index in [1.165, 1.54) is 0 Å². The summed E-state index contributed by atoms with van der Waals surface area (Å²) in [7, 11) is -2.89. The van der Waals surface area contributed by atoms with E-state index in [1.807, 2.05) is 53.2 Å². The van der Waals surface area contributed by atoms with Crippen molar-refractivity contribution in [3.8, 4) is 0 Å². The van der Waals surface area contributed by atoms with Gasteiger partial charge in [0.2, 0.25) is 0 Å². The number of hydrogen-bond acceptors (Lipinski definition) is 3. The van der Waals surface area contributed by atoms with E-state index in [9.17, 15) is 8.42 Å². The highest BCUT2D eigenvalue weighted by Gasteiger charge is 2.30. The zero-order valence-corrected chi connectivity index (χ0v) is 11.8. The average Bonchev–Trinajstić information content (AvgIpc) is 3.03. The zero-order valence-electron chi connectivity index (χ0n) is 11.0. The summed E-state index contributed by atoms with van der Waals surface area (Å²) in [4.78, 5) is 0. The summed E-state index contributed by atoms with van der Waals surface area (Å²) in [5, 5.41) is 4.28. The van der Waals surface area contributed by atoms with Crippen molar-refractivity contribution < 1.29 is 8.42 Å². The lowest BCUT2D eigenvalue weighted by Crippen LogP contribution is -2.13. The van der Waals surface area contributed by atoms with Crippen LogP contribution in [0.25, 0.3) is 12.2 Å². The molecule has 5 heteroatoms. The molecule has 0 spiro atoms. The maximum Gasteiger partial charge on any atom is 0.152 e. The lowest BCUT2D eigenvalue weighted by atomic mass is 10.2. The maximum atomic E-state index is 11.6. The first kappa shape index (κ1) is 13.1. The highest BCUT2D eigenvalue weighted by Crippen LogP contribution is 2.24. The Morgan fingerprint density at radius 3 is 2.65 bits per heavy atom. The Labute approximate surface area is 118 Å². The predicted molar refractivity (Wildman–Crippen MR) is 79.9 cm³/mol. The molecule has 0 bridgehead atoms. The number of aromatic nitrogens is 2. The molecular formula is C15H16N2O2S. The fourth-order valence-electron chi connectivity index (χ4n) is 2.48.